The van der Waals surface area contributed by atoms with Gasteiger partial charge in [0.2, 0.25) is 0 Å². The fourth-order valence-corrected chi connectivity index (χ4v) is 4.12. The van der Waals surface area contributed by atoms with Crippen LogP contribution in [0.4, 0.5) is 0 Å². The molecule has 4 aromatic rings. The van der Waals surface area contributed by atoms with E-state index < -0.39 is 0 Å². The molecule has 0 spiro atoms. The number of aromatic hydroxyl groups is 1. The number of phenolic OH excluding ortho intramolecular Hbond substituents is 1. The third kappa shape index (κ3) is 2.95. The Morgan fingerprint density at radius 3 is 2.93 bits per heavy atom. The number of ether oxygens (including phenoxy) is 1. The molecular formula is C18H16N6O2S. The molecule has 0 amide bonds. The maximum Gasteiger partial charge on any atom is 0.174 e. The van der Waals surface area contributed by atoms with E-state index in [0.29, 0.717) is 23.9 Å². The van der Waals surface area contributed by atoms with E-state index in [2.05, 4.69) is 25.7 Å². The number of nitrogens with zero attached hydrogens (tertiary/aromatic N) is 5. The van der Waals surface area contributed by atoms with Gasteiger partial charge in [-0.15, -0.1) is 16.4 Å². The van der Waals surface area contributed by atoms with Gasteiger partial charge in [0.1, 0.15) is 23.7 Å². The van der Waals surface area contributed by atoms with Crippen molar-refractivity contribution in [2.24, 2.45) is 0 Å². The van der Waals surface area contributed by atoms with Crippen LogP contribution in [0.3, 0.4) is 0 Å². The predicted octanol–water partition coefficient (Wildman–Crippen LogP) is 3.16. The number of thiophene rings is 1. The van der Waals surface area contributed by atoms with Crippen LogP contribution in [0.2, 0.25) is 0 Å². The second-order valence-corrected chi connectivity index (χ2v) is 7.31. The van der Waals surface area contributed by atoms with Crippen molar-refractivity contribution in [2.75, 3.05) is 0 Å². The summed E-state index contributed by atoms with van der Waals surface area (Å²) in [4.78, 5) is 1.02. The van der Waals surface area contributed by atoms with E-state index in [9.17, 15) is 5.11 Å². The Labute approximate surface area is 158 Å². The first-order valence-corrected chi connectivity index (χ1v) is 9.51. The SMILES string of the molecule is Oc1ccc(Oc2cn(Cc3nnn[nH]3)nc2-c2cccs2)c2c1CCC2. The zero-order valence-electron chi connectivity index (χ0n) is 14.3. The molecule has 1 aliphatic rings. The lowest BCUT2D eigenvalue weighted by atomic mass is 10.1. The van der Waals surface area contributed by atoms with Crippen molar-refractivity contribution in [1.82, 2.24) is 30.4 Å². The highest BCUT2D eigenvalue weighted by molar-refractivity contribution is 7.13. The van der Waals surface area contributed by atoms with Gasteiger partial charge in [-0.2, -0.15) is 5.10 Å². The topological polar surface area (TPSA) is 102 Å². The van der Waals surface area contributed by atoms with Crippen molar-refractivity contribution in [3.8, 4) is 27.8 Å². The zero-order chi connectivity index (χ0) is 18.2. The van der Waals surface area contributed by atoms with Gasteiger partial charge in [-0.3, -0.25) is 4.68 Å². The van der Waals surface area contributed by atoms with Gasteiger partial charge in [-0.1, -0.05) is 6.07 Å². The number of nitrogens with one attached hydrogen (secondary N) is 1. The summed E-state index contributed by atoms with van der Waals surface area (Å²) in [5, 5.41) is 30.6. The quantitative estimate of drug-likeness (QED) is 0.551. The van der Waals surface area contributed by atoms with Crippen molar-refractivity contribution in [3.63, 3.8) is 0 Å². The lowest BCUT2D eigenvalue weighted by Gasteiger charge is -2.11. The number of rotatable bonds is 5. The lowest BCUT2D eigenvalue weighted by Crippen LogP contribution is -2.02. The van der Waals surface area contributed by atoms with Crippen molar-refractivity contribution in [3.05, 3.63) is 52.8 Å². The highest BCUT2D eigenvalue weighted by Crippen LogP contribution is 2.41. The summed E-state index contributed by atoms with van der Waals surface area (Å²) in [6.07, 6.45) is 4.67. The fraction of sp³-hybridized carbons (Fsp3) is 0.222. The maximum atomic E-state index is 10.1. The molecule has 8 nitrogen and oxygen atoms in total. The normalized spacial score (nSPS) is 13.0. The first-order valence-electron chi connectivity index (χ1n) is 8.63. The molecule has 3 heterocycles. The van der Waals surface area contributed by atoms with Gasteiger partial charge < -0.3 is 9.84 Å². The van der Waals surface area contributed by atoms with Gasteiger partial charge in [-0.25, -0.2) is 5.10 Å². The van der Waals surface area contributed by atoms with E-state index in [1.165, 1.54) is 0 Å². The molecule has 0 saturated heterocycles. The number of fused-ring (bicyclic) bond motifs is 1. The summed E-state index contributed by atoms with van der Waals surface area (Å²) in [6, 6.07) is 7.53. The van der Waals surface area contributed by atoms with E-state index in [-0.39, 0.29) is 0 Å². The van der Waals surface area contributed by atoms with Crippen molar-refractivity contribution < 1.29 is 9.84 Å². The number of phenols is 1. The second kappa shape index (κ2) is 6.51. The Bertz CT molecular complexity index is 1070. The van der Waals surface area contributed by atoms with Crippen LogP contribution in [0, 0.1) is 0 Å². The third-order valence-electron chi connectivity index (χ3n) is 4.62. The van der Waals surface area contributed by atoms with Crippen molar-refractivity contribution >= 4 is 11.3 Å². The zero-order valence-corrected chi connectivity index (χ0v) is 15.1. The van der Waals surface area contributed by atoms with E-state index >= 15 is 0 Å². The van der Waals surface area contributed by atoms with E-state index in [1.54, 1.807) is 22.1 Å². The Morgan fingerprint density at radius 2 is 2.11 bits per heavy atom. The van der Waals surface area contributed by atoms with Crippen LogP contribution in [0.25, 0.3) is 10.6 Å². The number of tetrazole rings is 1. The van der Waals surface area contributed by atoms with Gasteiger partial charge >= 0.3 is 0 Å². The average molecular weight is 380 g/mol. The molecule has 136 valence electrons. The standard InChI is InChI=1S/C18H16N6O2S/c25-13-6-7-14(12-4-1-3-11(12)13)26-15-9-24(10-17-19-22-23-20-17)21-18(15)16-5-2-8-27-16/h2,5-9,25H,1,3-4,10H2,(H,19,20,22,23). The summed E-state index contributed by atoms with van der Waals surface area (Å²) in [6.45, 7) is 0.419. The van der Waals surface area contributed by atoms with Crippen LogP contribution in [0.1, 0.15) is 23.4 Å². The Kier molecular flexibility index (Phi) is 3.86. The molecule has 3 aromatic heterocycles. The first-order chi connectivity index (χ1) is 13.3. The second-order valence-electron chi connectivity index (χ2n) is 6.36. The highest BCUT2D eigenvalue weighted by atomic mass is 32.1. The summed E-state index contributed by atoms with van der Waals surface area (Å²) >= 11 is 1.61. The summed E-state index contributed by atoms with van der Waals surface area (Å²) < 4.78 is 8.04. The van der Waals surface area contributed by atoms with Gasteiger partial charge in [0.05, 0.1) is 11.1 Å². The molecular weight excluding hydrogens is 364 g/mol. The van der Waals surface area contributed by atoms with E-state index in [1.807, 2.05) is 29.8 Å². The molecule has 9 heteroatoms. The monoisotopic (exact) mass is 380 g/mol. The van der Waals surface area contributed by atoms with E-state index in [4.69, 9.17) is 4.74 Å². The highest BCUT2D eigenvalue weighted by Gasteiger charge is 2.22. The minimum atomic E-state index is 0.349. The molecule has 0 radical (unpaired) electrons. The molecule has 1 aliphatic carbocycles. The van der Waals surface area contributed by atoms with Gasteiger partial charge in [0.25, 0.3) is 0 Å². The largest absolute Gasteiger partial charge is 0.508 e. The number of aromatic nitrogens is 6. The molecule has 0 fully saturated rings. The molecule has 5 rings (SSSR count). The fourth-order valence-electron chi connectivity index (χ4n) is 3.41. The number of aromatic amines is 1. The summed E-state index contributed by atoms with van der Waals surface area (Å²) in [5.41, 5.74) is 2.85. The van der Waals surface area contributed by atoms with Crippen LogP contribution in [-0.4, -0.2) is 35.5 Å². The minimum absolute atomic E-state index is 0.349. The number of H-pyrrole nitrogens is 1. The average Bonchev–Trinajstić information content (AvgIpc) is 3.45. The molecule has 0 bridgehead atoms. The van der Waals surface area contributed by atoms with Crippen LogP contribution in [-0.2, 0) is 19.4 Å². The Hall–Kier alpha value is -3.20. The lowest BCUT2D eigenvalue weighted by molar-refractivity contribution is 0.458. The smallest absolute Gasteiger partial charge is 0.174 e. The van der Waals surface area contributed by atoms with Crippen molar-refractivity contribution in [1.29, 1.82) is 0 Å². The maximum absolute atomic E-state index is 10.1. The summed E-state index contributed by atoms with van der Waals surface area (Å²) in [7, 11) is 0. The molecule has 1 aromatic carbocycles. The Balaban J connectivity index is 1.53. The van der Waals surface area contributed by atoms with Gasteiger partial charge in [-0.05, 0) is 53.3 Å². The Morgan fingerprint density at radius 1 is 1.19 bits per heavy atom. The minimum Gasteiger partial charge on any atom is -0.508 e. The third-order valence-corrected chi connectivity index (χ3v) is 5.50. The molecule has 0 unspecified atom stereocenters. The molecule has 2 N–H and O–H groups in total. The first kappa shape index (κ1) is 16.0. The molecule has 0 saturated carbocycles. The molecule has 0 aliphatic heterocycles. The van der Waals surface area contributed by atoms with Crippen LogP contribution in [0.15, 0.2) is 35.8 Å². The molecule has 27 heavy (non-hydrogen) atoms. The van der Waals surface area contributed by atoms with Crippen LogP contribution >= 0.6 is 11.3 Å². The van der Waals surface area contributed by atoms with Crippen LogP contribution < -0.4 is 4.74 Å². The van der Waals surface area contributed by atoms with E-state index in [0.717, 1.165) is 46.7 Å². The van der Waals surface area contributed by atoms with Gasteiger partial charge in [0, 0.05) is 11.1 Å². The van der Waals surface area contributed by atoms with Crippen LogP contribution in [0.5, 0.6) is 17.2 Å². The summed E-state index contributed by atoms with van der Waals surface area (Å²) in [5.74, 6) is 2.41. The molecule has 0 atom stereocenters. The van der Waals surface area contributed by atoms with Gasteiger partial charge in [0.15, 0.2) is 11.6 Å². The predicted molar refractivity (Wildman–Crippen MR) is 99.0 cm³/mol. The number of hydrogen-bond donors (Lipinski definition) is 2. The number of benzene rings is 1. The van der Waals surface area contributed by atoms with Crippen molar-refractivity contribution in [2.45, 2.75) is 25.8 Å². The number of hydrogen-bond acceptors (Lipinski definition) is 7.